The molecule has 0 N–H and O–H groups in total. The summed E-state index contributed by atoms with van der Waals surface area (Å²) in [5, 5.41) is 12.8. The van der Waals surface area contributed by atoms with Crippen LogP contribution in [0.25, 0.3) is 0 Å². The van der Waals surface area contributed by atoms with Gasteiger partial charge in [-0.3, -0.25) is 4.68 Å². The summed E-state index contributed by atoms with van der Waals surface area (Å²) in [6, 6.07) is 0. The van der Waals surface area contributed by atoms with Gasteiger partial charge in [0.25, 0.3) is 0 Å². The van der Waals surface area contributed by atoms with Crippen LogP contribution in [0.15, 0.2) is 12.4 Å². The molecule has 2 aromatic heterocycles. The molecule has 0 atom stereocenters. The van der Waals surface area contributed by atoms with E-state index in [-0.39, 0.29) is 0 Å². The van der Waals surface area contributed by atoms with E-state index >= 15 is 0 Å². The molecule has 0 aliphatic heterocycles. The number of aryl methyl sites for hydroxylation is 3. The first kappa shape index (κ1) is 17.4. The topological polar surface area (TPSA) is 48.5 Å². The van der Waals surface area contributed by atoms with Crippen molar-refractivity contribution in [2.45, 2.75) is 54.5 Å². The summed E-state index contributed by atoms with van der Waals surface area (Å²) in [5.41, 5.74) is 3.19. The van der Waals surface area contributed by atoms with Crippen LogP contribution in [0.5, 0.6) is 0 Å². The van der Waals surface area contributed by atoms with Crippen molar-refractivity contribution < 1.29 is 0 Å². The highest BCUT2D eigenvalue weighted by molar-refractivity contribution is 5.18. The fraction of sp³-hybridized carbons (Fsp3) is 0.643. The van der Waals surface area contributed by atoms with Crippen LogP contribution in [0.4, 0.5) is 0 Å². The van der Waals surface area contributed by atoms with Crippen LogP contribution in [-0.2, 0) is 20.0 Å². The third-order valence-electron chi connectivity index (χ3n) is 2.36. The third kappa shape index (κ3) is 5.24. The van der Waals surface area contributed by atoms with E-state index in [1.54, 1.807) is 4.80 Å². The van der Waals surface area contributed by atoms with Gasteiger partial charge < -0.3 is 0 Å². The molecule has 0 aliphatic carbocycles. The maximum atomic E-state index is 4.31. The summed E-state index contributed by atoms with van der Waals surface area (Å²) in [4.78, 5) is 1.61. The maximum absolute atomic E-state index is 4.31. The van der Waals surface area contributed by atoms with Gasteiger partial charge in [-0.25, -0.2) is 0 Å². The highest BCUT2D eigenvalue weighted by atomic mass is 15.5. The first-order valence-electron chi connectivity index (χ1n) is 7.07. The Morgan fingerprint density at radius 3 is 2.16 bits per heavy atom. The zero-order chi connectivity index (χ0) is 14.8. The summed E-state index contributed by atoms with van der Waals surface area (Å²) >= 11 is 0. The van der Waals surface area contributed by atoms with Gasteiger partial charge in [0.05, 0.1) is 17.6 Å². The van der Waals surface area contributed by atoms with Gasteiger partial charge in [-0.2, -0.15) is 20.1 Å². The Balaban J connectivity index is 0.000000741. The Morgan fingerprint density at radius 1 is 1.11 bits per heavy atom. The Kier molecular flexibility index (Phi) is 8.49. The number of hydrogen-bond acceptors (Lipinski definition) is 3. The second kappa shape index (κ2) is 9.30. The minimum atomic E-state index is 0.805. The predicted molar refractivity (Wildman–Crippen MR) is 79.1 cm³/mol. The van der Waals surface area contributed by atoms with Gasteiger partial charge in [0, 0.05) is 26.2 Å². The average Bonchev–Trinajstić information content (AvgIpc) is 3.02. The molecule has 0 amide bonds. The van der Waals surface area contributed by atoms with E-state index in [0.29, 0.717) is 0 Å². The van der Waals surface area contributed by atoms with Crippen molar-refractivity contribution >= 4 is 0 Å². The molecule has 19 heavy (non-hydrogen) atoms. The lowest BCUT2D eigenvalue weighted by Gasteiger charge is -1.93. The number of nitrogens with zero attached hydrogens (tertiary/aromatic N) is 5. The maximum Gasteiger partial charge on any atom is 0.0901 e. The molecule has 0 bridgehead atoms. The predicted octanol–water partition coefficient (Wildman–Crippen LogP) is 2.98. The quantitative estimate of drug-likeness (QED) is 0.857. The molecule has 108 valence electrons. The van der Waals surface area contributed by atoms with Gasteiger partial charge >= 0.3 is 0 Å². The first-order chi connectivity index (χ1) is 9.19. The smallest absolute Gasteiger partial charge is 0.0901 e. The number of hydrogen-bond donors (Lipinski definition) is 0. The first-order valence-corrected chi connectivity index (χ1v) is 7.07. The van der Waals surface area contributed by atoms with Gasteiger partial charge in [0.15, 0.2) is 0 Å². The van der Waals surface area contributed by atoms with Crippen molar-refractivity contribution in [2.24, 2.45) is 7.05 Å². The summed E-state index contributed by atoms with van der Waals surface area (Å²) in [6.45, 7) is 13.0. The molecule has 2 aromatic rings. The minimum Gasteiger partial charge on any atom is -0.273 e. The van der Waals surface area contributed by atoms with Crippen LogP contribution in [0.2, 0.25) is 0 Å². The van der Waals surface area contributed by atoms with E-state index in [1.165, 1.54) is 5.56 Å². The van der Waals surface area contributed by atoms with Crippen LogP contribution in [0.1, 0.15) is 51.6 Å². The minimum absolute atomic E-state index is 0.805. The second-order valence-electron chi connectivity index (χ2n) is 3.60. The van der Waals surface area contributed by atoms with Crippen molar-refractivity contribution in [1.29, 1.82) is 0 Å². The normalized spacial score (nSPS) is 9.21. The molecule has 0 radical (unpaired) electrons. The summed E-state index contributed by atoms with van der Waals surface area (Å²) in [5.74, 6) is 0. The van der Waals surface area contributed by atoms with E-state index in [0.717, 1.165) is 24.4 Å². The van der Waals surface area contributed by atoms with Crippen molar-refractivity contribution in [2.75, 3.05) is 0 Å². The van der Waals surface area contributed by atoms with Crippen molar-refractivity contribution in [1.82, 2.24) is 24.8 Å². The molecule has 2 heterocycles. The highest BCUT2D eigenvalue weighted by Gasteiger charge is 2.07. The number of rotatable bonds is 3. The molecule has 5 nitrogen and oxygen atoms in total. The standard InChI is InChI=1S/C10H15N5.2C2H6/c1-4-15-7-9(6-11-15)5-10-8(2)12-14(3)13-10;2*1-2/h6-7H,4-5H2,1-3H3;2*1-2H3. The van der Waals surface area contributed by atoms with E-state index < -0.39 is 0 Å². The Bertz CT molecular complexity index is 456. The average molecular weight is 265 g/mol. The molecule has 0 saturated heterocycles. The van der Waals surface area contributed by atoms with Crippen LogP contribution < -0.4 is 0 Å². The Hall–Kier alpha value is -1.65. The SMILES string of the molecule is CC.CC.CCn1cc(Cc2nn(C)nc2C)cn1. The van der Waals surface area contributed by atoms with E-state index in [2.05, 4.69) is 22.2 Å². The monoisotopic (exact) mass is 265 g/mol. The van der Waals surface area contributed by atoms with Crippen LogP contribution >= 0.6 is 0 Å². The van der Waals surface area contributed by atoms with Crippen molar-refractivity contribution in [3.8, 4) is 0 Å². The van der Waals surface area contributed by atoms with Crippen molar-refractivity contribution in [3.63, 3.8) is 0 Å². The summed E-state index contributed by atoms with van der Waals surface area (Å²) in [6.07, 6.45) is 4.74. The molecule has 0 aliphatic rings. The van der Waals surface area contributed by atoms with Gasteiger partial charge in [-0.15, -0.1) is 0 Å². The summed E-state index contributed by atoms with van der Waals surface area (Å²) in [7, 11) is 1.84. The van der Waals surface area contributed by atoms with E-state index in [4.69, 9.17) is 0 Å². The molecule has 0 spiro atoms. The van der Waals surface area contributed by atoms with Gasteiger partial charge in [0.1, 0.15) is 0 Å². The van der Waals surface area contributed by atoms with Crippen LogP contribution in [0.3, 0.4) is 0 Å². The molecule has 2 rings (SSSR count). The number of aromatic nitrogens is 5. The third-order valence-corrected chi connectivity index (χ3v) is 2.36. The molecule has 0 unspecified atom stereocenters. The molecular weight excluding hydrogens is 238 g/mol. The van der Waals surface area contributed by atoms with Crippen molar-refractivity contribution in [3.05, 3.63) is 29.3 Å². The molecule has 5 heteroatoms. The fourth-order valence-electron chi connectivity index (χ4n) is 1.57. The summed E-state index contributed by atoms with van der Waals surface area (Å²) < 4.78 is 1.92. The van der Waals surface area contributed by atoms with Gasteiger partial charge in [-0.05, 0) is 19.4 Å². The highest BCUT2D eigenvalue weighted by Crippen LogP contribution is 2.08. The van der Waals surface area contributed by atoms with Crippen LogP contribution in [0, 0.1) is 6.92 Å². The lowest BCUT2D eigenvalue weighted by atomic mass is 10.2. The molecular formula is C14H27N5. The fourth-order valence-corrected chi connectivity index (χ4v) is 1.57. The lowest BCUT2D eigenvalue weighted by Crippen LogP contribution is -1.94. The van der Waals surface area contributed by atoms with E-state index in [9.17, 15) is 0 Å². The Labute approximate surface area is 116 Å². The lowest BCUT2D eigenvalue weighted by molar-refractivity contribution is 0.643. The largest absolute Gasteiger partial charge is 0.273 e. The Morgan fingerprint density at radius 2 is 1.74 bits per heavy atom. The van der Waals surface area contributed by atoms with Gasteiger partial charge in [-0.1, -0.05) is 27.7 Å². The molecule has 0 aromatic carbocycles. The van der Waals surface area contributed by atoms with E-state index in [1.807, 2.05) is 58.7 Å². The second-order valence-corrected chi connectivity index (χ2v) is 3.60. The van der Waals surface area contributed by atoms with Crippen LogP contribution in [-0.4, -0.2) is 24.8 Å². The zero-order valence-electron chi connectivity index (χ0n) is 13.3. The molecule has 0 fully saturated rings. The zero-order valence-corrected chi connectivity index (χ0v) is 13.3. The molecule has 0 saturated carbocycles. The van der Waals surface area contributed by atoms with Gasteiger partial charge in [0.2, 0.25) is 0 Å².